The van der Waals surface area contributed by atoms with E-state index in [9.17, 15) is 4.79 Å². The smallest absolute Gasteiger partial charge is 0.341 e. The van der Waals surface area contributed by atoms with Gasteiger partial charge in [-0.3, -0.25) is 0 Å². The summed E-state index contributed by atoms with van der Waals surface area (Å²) in [7, 11) is 0. The van der Waals surface area contributed by atoms with Gasteiger partial charge in [-0.2, -0.15) is 0 Å². The predicted octanol–water partition coefficient (Wildman–Crippen LogP) is 2.87. The van der Waals surface area contributed by atoms with Crippen molar-refractivity contribution in [2.24, 2.45) is 0 Å². The second-order valence-corrected chi connectivity index (χ2v) is 4.85. The minimum atomic E-state index is -0.513. The first-order valence-corrected chi connectivity index (χ1v) is 6.60. The van der Waals surface area contributed by atoms with Crippen LogP contribution in [0.5, 0.6) is 0 Å². The zero-order valence-electron chi connectivity index (χ0n) is 10.9. The lowest BCUT2D eigenvalue weighted by atomic mass is 10.1. The molecule has 0 radical (unpaired) electrons. The number of nitrogens with zero attached hydrogens (tertiary/aromatic N) is 1. The molecule has 1 aromatic heterocycles. The van der Waals surface area contributed by atoms with Gasteiger partial charge in [0.05, 0.1) is 22.8 Å². The van der Waals surface area contributed by atoms with Crippen molar-refractivity contribution in [2.45, 2.75) is 32.7 Å². The number of nitrogens with one attached hydrogen (secondary N) is 2. The lowest BCUT2D eigenvalue weighted by molar-refractivity contribution is 0.0526. The molecule has 0 unspecified atom stereocenters. The van der Waals surface area contributed by atoms with Crippen LogP contribution in [0.25, 0.3) is 0 Å². The number of esters is 1. The molecule has 0 bridgehead atoms. The zero-order chi connectivity index (χ0) is 14.0. The van der Waals surface area contributed by atoms with Crippen molar-refractivity contribution < 1.29 is 9.53 Å². The van der Waals surface area contributed by atoms with Gasteiger partial charge in [-0.15, -0.1) is 0 Å². The Bertz CT molecular complexity index is 527. The van der Waals surface area contributed by atoms with Crippen LogP contribution in [-0.2, 0) is 4.74 Å². The third kappa shape index (κ3) is 3.04. The van der Waals surface area contributed by atoms with Crippen LogP contribution in [0.2, 0.25) is 5.02 Å². The normalized spacial score (nSPS) is 14.1. The number of halogens is 1. The van der Waals surface area contributed by atoms with E-state index in [0.29, 0.717) is 17.4 Å². The molecule has 0 amide bonds. The van der Waals surface area contributed by atoms with Crippen LogP contribution in [0.3, 0.4) is 0 Å². The monoisotopic (exact) mass is 281 g/mol. The van der Waals surface area contributed by atoms with Gasteiger partial charge in [0.25, 0.3) is 0 Å². The number of rotatable bonds is 5. The second-order valence-electron chi connectivity index (χ2n) is 4.47. The standard InChI is InChI=1S/C13H16ClN3O2/c1-3-19-13(18)9-6-16-12(17-8-4-5-8)10(7(2)15)11(9)14/h6,8,15H,3-5H2,1-2H3,(H,16,17). The van der Waals surface area contributed by atoms with Crippen molar-refractivity contribution in [3.8, 4) is 0 Å². The highest BCUT2D eigenvalue weighted by Gasteiger charge is 2.26. The Hall–Kier alpha value is -1.62. The van der Waals surface area contributed by atoms with Gasteiger partial charge in [0, 0.05) is 18.0 Å². The number of pyridine rings is 1. The lowest BCUT2D eigenvalue weighted by Crippen LogP contribution is -2.13. The first kappa shape index (κ1) is 13.8. The number of anilines is 1. The molecular weight excluding hydrogens is 266 g/mol. The van der Waals surface area contributed by atoms with Crippen LogP contribution in [0.4, 0.5) is 5.82 Å². The van der Waals surface area contributed by atoms with Crippen molar-refractivity contribution in [3.63, 3.8) is 0 Å². The summed E-state index contributed by atoms with van der Waals surface area (Å²) in [6.07, 6.45) is 3.59. The first-order chi connectivity index (χ1) is 9.04. The maximum Gasteiger partial charge on any atom is 0.341 e. The highest BCUT2D eigenvalue weighted by Crippen LogP contribution is 2.31. The Morgan fingerprint density at radius 1 is 1.63 bits per heavy atom. The molecule has 1 heterocycles. The van der Waals surface area contributed by atoms with Crippen molar-refractivity contribution in [1.82, 2.24) is 4.98 Å². The van der Waals surface area contributed by atoms with E-state index in [1.54, 1.807) is 13.8 Å². The molecule has 0 aromatic carbocycles. The van der Waals surface area contributed by atoms with Crippen LogP contribution < -0.4 is 5.32 Å². The van der Waals surface area contributed by atoms with E-state index in [1.807, 2.05) is 0 Å². The van der Waals surface area contributed by atoms with E-state index in [-0.39, 0.29) is 22.9 Å². The van der Waals surface area contributed by atoms with E-state index >= 15 is 0 Å². The molecule has 1 fully saturated rings. The Labute approximate surface area is 116 Å². The van der Waals surface area contributed by atoms with Gasteiger partial charge in [0.15, 0.2) is 0 Å². The third-order valence-corrected chi connectivity index (χ3v) is 3.20. The third-order valence-electron chi connectivity index (χ3n) is 2.80. The molecular formula is C13H16ClN3O2. The molecule has 1 aliphatic rings. The molecule has 1 saturated carbocycles. The topological polar surface area (TPSA) is 75.1 Å². The van der Waals surface area contributed by atoms with E-state index in [0.717, 1.165) is 12.8 Å². The molecule has 2 rings (SSSR count). The van der Waals surface area contributed by atoms with Gasteiger partial charge < -0.3 is 15.5 Å². The van der Waals surface area contributed by atoms with Gasteiger partial charge in [0.1, 0.15) is 5.82 Å². The molecule has 5 nitrogen and oxygen atoms in total. The van der Waals surface area contributed by atoms with Gasteiger partial charge in [-0.1, -0.05) is 11.6 Å². The van der Waals surface area contributed by atoms with Gasteiger partial charge in [-0.25, -0.2) is 9.78 Å². The summed E-state index contributed by atoms with van der Waals surface area (Å²) >= 11 is 6.22. The van der Waals surface area contributed by atoms with Gasteiger partial charge >= 0.3 is 5.97 Å². The van der Waals surface area contributed by atoms with Crippen molar-refractivity contribution >= 4 is 29.1 Å². The summed E-state index contributed by atoms with van der Waals surface area (Å²) < 4.78 is 4.92. The molecule has 0 atom stereocenters. The first-order valence-electron chi connectivity index (χ1n) is 6.22. The average molecular weight is 282 g/mol. The highest BCUT2D eigenvalue weighted by atomic mass is 35.5. The second kappa shape index (κ2) is 5.57. The van der Waals surface area contributed by atoms with Crippen molar-refractivity contribution in [2.75, 3.05) is 11.9 Å². The summed E-state index contributed by atoms with van der Waals surface area (Å²) in [4.78, 5) is 16.0. The maximum atomic E-state index is 11.7. The minimum Gasteiger partial charge on any atom is -0.462 e. The Morgan fingerprint density at radius 2 is 2.32 bits per heavy atom. The predicted molar refractivity (Wildman–Crippen MR) is 74.4 cm³/mol. The minimum absolute atomic E-state index is 0.200. The fourth-order valence-electron chi connectivity index (χ4n) is 1.71. The molecule has 6 heteroatoms. The quantitative estimate of drug-likeness (QED) is 0.643. The number of hydrogen-bond acceptors (Lipinski definition) is 5. The molecule has 102 valence electrons. The van der Waals surface area contributed by atoms with Crippen molar-refractivity contribution in [1.29, 1.82) is 5.41 Å². The number of ether oxygens (including phenoxy) is 1. The fourth-order valence-corrected chi connectivity index (χ4v) is 2.07. The fraction of sp³-hybridized carbons (Fsp3) is 0.462. The number of hydrogen-bond donors (Lipinski definition) is 2. The molecule has 1 aliphatic carbocycles. The maximum absolute atomic E-state index is 11.7. The molecule has 0 aliphatic heterocycles. The molecule has 0 spiro atoms. The Morgan fingerprint density at radius 3 is 2.84 bits per heavy atom. The molecule has 2 N–H and O–H groups in total. The van der Waals surface area contributed by atoms with E-state index in [1.165, 1.54) is 6.20 Å². The SMILES string of the molecule is CCOC(=O)c1cnc(NC2CC2)c(C(C)=N)c1Cl. The average Bonchev–Trinajstić information content (AvgIpc) is 3.12. The summed E-state index contributed by atoms with van der Waals surface area (Å²) in [6, 6.07) is 0.398. The molecule has 19 heavy (non-hydrogen) atoms. The zero-order valence-corrected chi connectivity index (χ0v) is 11.7. The van der Waals surface area contributed by atoms with Crippen LogP contribution in [-0.4, -0.2) is 29.3 Å². The van der Waals surface area contributed by atoms with Crippen LogP contribution in [0, 0.1) is 5.41 Å². The number of aromatic nitrogens is 1. The van der Waals surface area contributed by atoms with Crippen LogP contribution in [0.1, 0.15) is 42.6 Å². The molecule has 1 aromatic rings. The number of carbonyl (C=O) groups excluding carboxylic acids is 1. The summed E-state index contributed by atoms with van der Waals surface area (Å²) in [6.45, 7) is 3.62. The number of carbonyl (C=O) groups is 1. The van der Waals surface area contributed by atoms with Crippen LogP contribution in [0.15, 0.2) is 6.20 Å². The largest absolute Gasteiger partial charge is 0.462 e. The summed E-state index contributed by atoms with van der Waals surface area (Å²) in [5.41, 5.74) is 0.942. The lowest BCUT2D eigenvalue weighted by Gasteiger charge is -2.13. The summed E-state index contributed by atoms with van der Waals surface area (Å²) in [5, 5.41) is 11.2. The molecule has 0 saturated heterocycles. The van der Waals surface area contributed by atoms with Gasteiger partial charge in [0.2, 0.25) is 0 Å². The van der Waals surface area contributed by atoms with E-state index in [4.69, 9.17) is 21.7 Å². The van der Waals surface area contributed by atoms with E-state index < -0.39 is 5.97 Å². The Kier molecular flexibility index (Phi) is 4.04. The van der Waals surface area contributed by atoms with E-state index in [2.05, 4.69) is 10.3 Å². The summed E-state index contributed by atoms with van der Waals surface area (Å²) in [5.74, 6) is 0.0496. The Balaban J connectivity index is 2.40. The van der Waals surface area contributed by atoms with Gasteiger partial charge in [-0.05, 0) is 26.7 Å². The highest BCUT2D eigenvalue weighted by molar-refractivity contribution is 6.37. The van der Waals surface area contributed by atoms with Crippen molar-refractivity contribution in [3.05, 3.63) is 22.3 Å². The van der Waals surface area contributed by atoms with Crippen LogP contribution >= 0.6 is 11.6 Å².